The van der Waals surface area contributed by atoms with Gasteiger partial charge in [-0.1, -0.05) is 42.0 Å². The van der Waals surface area contributed by atoms with Gasteiger partial charge in [0.2, 0.25) is 5.91 Å². The Morgan fingerprint density at radius 2 is 1.50 bits per heavy atom. The Kier molecular flexibility index (Phi) is 7.53. The Morgan fingerprint density at radius 1 is 0.875 bits per heavy atom. The number of ether oxygens (including phenoxy) is 1. The number of nitrogens with one attached hydrogen (secondary N) is 1. The van der Waals surface area contributed by atoms with Crippen molar-refractivity contribution < 1.29 is 17.9 Å². The van der Waals surface area contributed by atoms with E-state index in [-0.39, 0.29) is 24.6 Å². The van der Waals surface area contributed by atoms with Crippen LogP contribution in [0.5, 0.6) is 5.75 Å². The third kappa shape index (κ3) is 6.11. The highest BCUT2D eigenvalue weighted by Crippen LogP contribution is 2.23. The van der Waals surface area contributed by atoms with Gasteiger partial charge in [-0.15, -0.1) is 0 Å². The maximum absolute atomic E-state index is 13.3. The van der Waals surface area contributed by atoms with Crippen LogP contribution >= 0.6 is 0 Å². The molecular weight excluding hydrogens is 424 g/mol. The molecule has 7 heteroatoms. The first-order chi connectivity index (χ1) is 15.3. The second-order valence-corrected chi connectivity index (χ2v) is 9.54. The lowest BCUT2D eigenvalue weighted by Crippen LogP contribution is -2.41. The third-order valence-electron chi connectivity index (χ3n) is 4.83. The summed E-state index contributed by atoms with van der Waals surface area (Å²) >= 11 is 0. The lowest BCUT2D eigenvalue weighted by molar-refractivity contribution is -0.119. The highest BCUT2D eigenvalue weighted by Gasteiger charge is 2.27. The maximum Gasteiger partial charge on any atom is 0.264 e. The van der Waals surface area contributed by atoms with Crippen molar-refractivity contribution in [2.45, 2.75) is 25.7 Å². The predicted octanol–water partition coefficient (Wildman–Crippen LogP) is 4.00. The van der Waals surface area contributed by atoms with Crippen LogP contribution in [0.2, 0.25) is 0 Å². The van der Waals surface area contributed by atoms with Gasteiger partial charge >= 0.3 is 0 Å². The molecule has 3 rings (SSSR count). The van der Waals surface area contributed by atoms with Gasteiger partial charge in [0, 0.05) is 0 Å². The lowest BCUT2D eigenvalue weighted by Gasteiger charge is -2.24. The molecule has 0 radical (unpaired) electrons. The van der Waals surface area contributed by atoms with Crippen LogP contribution in [-0.4, -0.2) is 34.0 Å². The summed E-state index contributed by atoms with van der Waals surface area (Å²) in [7, 11) is -3.91. The summed E-state index contributed by atoms with van der Waals surface area (Å²) in [6, 6.07) is 21.1. The van der Waals surface area contributed by atoms with Crippen molar-refractivity contribution in [2.75, 3.05) is 24.0 Å². The van der Waals surface area contributed by atoms with E-state index in [0.29, 0.717) is 5.69 Å². The van der Waals surface area contributed by atoms with Crippen LogP contribution < -0.4 is 14.4 Å². The van der Waals surface area contributed by atoms with Crippen molar-refractivity contribution in [3.05, 3.63) is 89.5 Å². The minimum absolute atomic E-state index is 0.137. The SMILES string of the molecule is Cc1ccc(S(=O)(=O)N(CC(=O)NCCOc2cc(C)cc(C)c2)c2ccccc2)cc1. The summed E-state index contributed by atoms with van der Waals surface area (Å²) in [6.45, 7) is 6.09. The molecule has 0 unspecified atom stereocenters. The number of sulfonamides is 1. The van der Waals surface area contributed by atoms with Gasteiger partial charge in [-0.05, 0) is 68.3 Å². The van der Waals surface area contributed by atoms with E-state index >= 15 is 0 Å². The van der Waals surface area contributed by atoms with E-state index in [9.17, 15) is 13.2 Å². The molecule has 0 saturated heterocycles. The van der Waals surface area contributed by atoms with Gasteiger partial charge in [0.25, 0.3) is 10.0 Å². The van der Waals surface area contributed by atoms with E-state index in [0.717, 1.165) is 26.7 Å². The Balaban J connectivity index is 1.67. The molecule has 3 aromatic rings. The second-order valence-electron chi connectivity index (χ2n) is 7.68. The molecule has 0 aliphatic rings. The topological polar surface area (TPSA) is 75.7 Å². The van der Waals surface area contributed by atoms with Crippen LogP contribution in [-0.2, 0) is 14.8 Å². The fourth-order valence-corrected chi connectivity index (χ4v) is 4.73. The van der Waals surface area contributed by atoms with Crippen molar-refractivity contribution in [3.8, 4) is 5.75 Å². The Morgan fingerprint density at radius 3 is 2.12 bits per heavy atom. The number of aryl methyl sites for hydroxylation is 3. The number of hydrogen-bond donors (Lipinski definition) is 1. The Bertz CT molecular complexity index is 1140. The van der Waals surface area contributed by atoms with E-state index in [4.69, 9.17) is 4.74 Å². The van der Waals surface area contributed by atoms with Gasteiger partial charge in [0.1, 0.15) is 18.9 Å². The minimum Gasteiger partial charge on any atom is -0.492 e. The zero-order chi connectivity index (χ0) is 23.1. The average Bonchev–Trinajstić information content (AvgIpc) is 2.75. The summed E-state index contributed by atoms with van der Waals surface area (Å²) in [4.78, 5) is 12.7. The number of anilines is 1. The van der Waals surface area contributed by atoms with E-state index in [1.807, 2.05) is 32.9 Å². The molecule has 0 spiro atoms. The largest absolute Gasteiger partial charge is 0.492 e. The molecular formula is C25H28N2O4S. The molecule has 168 valence electrons. The standard InChI is InChI=1S/C25H28N2O4S/c1-19-9-11-24(12-10-19)32(29,30)27(22-7-5-4-6-8-22)18-25(28)26-13-14-31-23-16-20(2)15-21(3)17-23/h4-12,15-17H,13-14,18H2,1-3H3,(H,26,28). The fourth-order valence-electron chi connectivity index (χ4n) is 3.31. The van der Waals surface area contributed by atoms with Gasteiger partial charge in [-0.2, -0.15) is 0 Å². The summed E-state index contributed by atoms with van der Waals surface area (Å²) in [5.41, 5.74) is 3.58. The smallest absolute Gasteiger partial charge is 0.264 e. The fraction of sp³-hybridized carbons (Fsp3) is 0.240. The summed E-state index contributed by atoms with van der Waals surface area (Å²) in [6.07, 6.45) is 0. The van der Waals surface area contributed by atoms with Crippen molar-refractivity contribution in [1.29, 1.82) is 0 Å². The number of benzene rings is 3. The molecule has 3 aromatic carbocycles. The lowest BCUT2D eigenvalue weighted by atomic mass is 10.1. The van der Waals surface area contributed by atoms with Gasteiger partial charge in [-0.25, -0.2) is 8.42 Å². The van der Waals surface area contributed by atoms with Crippen LogP contribution in [0.25, 0.3) is 0 Å². The highest BCUT2D eigenvalue weighted by molar-refractivity contribution is 7.92. The number of para-hydroxylation sites is 1. The average molecular weight is 453 g/mol. The molecule has 0 saturated carbocycles. The quantitative estimate of drug-likeness (QED) is 0.498. The van der Waals surface area contributed by atoms with Crippen molar-refractivity contribution in [2.24, 2.45) is 0 Å². The van der Waals surface area contributed by atoms with E-state index in [2.05, 4.69) is 11.4 Å². The molecule has 1 N–H and O–H groups in total. The first-order valence-electron chi connectivity index (χ1n) is 10.4. The Hall–Kier alpha value is -3.32. The molecule has 0 bridgehead atoms. The number of hydrogen-bond acceptors (Lipinski definition) is 4. The molecule has 0 aromatic heterocycles. The van der Waals surface area contributed by atoms with Gasteiger partial charge < -0.3 is 10.1 Å². The molecule has 0 heterocycles. The summed E-state index contributed by atoms with van der Waals surface area (Å²) in [5, 5.41) is 2.75. The normalized spacial score (nSPS) is 11.1. The molecule has 0 atom stereocenters. The van der Waals surface area contributed by atoms with Crippen LogP contribution in [0.4, 0.5) is 5.69 Å². The van der Waals surface area contributed by atoms with Crippen molar-refractivity contribution >= 4 is 21.6 Å². The van der Waals surface area contributed by atoms with Gasteiger partial charge in [0.05, 0.1) is 17.1 Å². The van der Waals surface area contributed by atoms with E-state index < -0.39 is 15.9 Å². The number of amides is 1. The summed E-state index contributed by atoms with van der Waals surface area (Å²) in [5.74, 6) is 0.332. The van der Waals surface area contributed by atoms with Crippen molar-refractivity contribution in [3.63, 3.8) is 0 Å². The van der Waals surface area contributed by atoms with Crippen molar-refractivity contribution in [1.82, 2.24) is 5.32 Å². The monoisotopic (exact) mass is 452 g/mol. The first-order valence-corrected chi connectivity index (χ1v) is 11.8. The molecule has 0 aliphatic heterocycles. The number of rotatable bonds is 9. The predicted molar refractivity (Wildman–Crippen MR) is 127 cm³/mol. The van der Waals surface area contributed by atoms with Crippen LogP contribution in [0, 0.1) is 20.8 Å². The molecule has 6 nitrogen and oxygen atoms in total. The third-order valence-corrected chi connectivity index (χ3v) is 6.62. The van der Waals surface area contributed by atoms with Crippen LogP contribution in [0.1, 0.15) is 16.7 Å². The van der Waals surface area contributed by atoms with Crippen LogP contribution in [0.15, 0.2) is 77.7 Å². The number of carbonyl (C=O) groups excluding carboxylic acids is 1. The first kappa shape index (κ1) is 23.3. The number of nitrogens with zero attached hydrogens (tertiary/aromatic N) is 1. The van der Waals surface area contributed by atoms with E-state index in [1.165, 1.54) is 0 Å². The zero-order valence-corrected chi connectivity index (χ0v) is 19.4. The minimum atomic E-state index is -3.91. The molecule has 0 fully saturated rings. The Labute approximate surface area is 189 Å². The zero-order valence-electron chi connectivity index (χ0n) is 18.5. The molecule has 1 amide bonds. The molecule has 0 aliphatic carbocycles. The highest BCUT2D eigenvalue weighted by atomic mass is 32.2. The van der Waals surface area contributed by atoms with Crippen LogP contribution in [0.3, 0.4) is 0 Å². The van der Waals surface area contributed by atoms with Gasteiger partial charge in [-0.3, -0.25) is 9.10 Å². The second kappa shape index (κ2) is 10.3. The van der Waals surface area contributed by atoms with E-state index in [1.54, 1.807) is 54.6 Å². The van der Waals surface area contributed by atoms with Gasteiger partial charge in [0.15, 0.2) is 0 Å². The maximum atomic E-state index is 13.3. The molecule has 32 heavy (non-hydrogen) atoms. The summed E-state index contributed by atoms with van der Waals surface area (Å²) < 4.78 is 33.4. The number of carbonyl (C=O) groups is 1.